The monoisotopic (exact) mass is 249 g/mol. The number of carbonyl (C=O) groups excluding carboxylic acids is 1. The summed E-state index contributed by atoms with van der Waals surface area (Å²) in [4.78, 5) is 19.2. The van der Waals surface area contributed by atoms with Gasteiger partial charge in [-0.2, -0.15) is 0 Å². The fraction of sp³-hybridized carbons (Fsp3) is 0.636. The molecular weight excluding hydrogens is 226 g/mol. The predicted octanol–water partition coefficient (Wildman–Crippen LogP) is 1.79. The summed E-state index contributed by atoms with van der Waals surface area (Å²) in [6.07, 6.45) is -0.711. The molecule has 0 fully saturated rings. The first-order valence-corrected chi connectivity index (χ1v) is 5.22. The molecule has 0 spiro atoms. The van der Waals surface area contributed by atoms with Crippen molar-refractivity contribution in [1.82, 2.24) is 0 Å². The summed E-state index contributed by atoms with van der Waals surface area (Å²) >= 11 is 0. The van der Waals surface area contributed by atoms with Crippen LogP contribution in [0.2, 0.25) is 0 Å². The molecule has 0 rings (SSSR count). The molecule has 0 atom stereocenters. The minimum atomic E-state index is -0.935. The van der Waals surface area contributed by atoms with E-state index in [9.17, 15) is 9.59 Å². The molecule has 0 radical (unpaired) electrons. The maximum absolute atomic E-state index is 9.60. The van der Waals surface area contributed by atoms with Crippen LogP contribution in [0.5, 0.6) is 0 Å². The van der Waals surface area contributed by atoms with Crippen LogP contribution in [0.1, 0.15) is 27.7 Å². The molecular formula is C11H23NO5. The number of primary amides is 1. The molecule has 102 valence electrons. The van der Waals surface area contributed by atoms with Crippen LogP contribution in [0.15, 0.2) is 12.2 Å². The van der Waals surface area contributed by atoms with Crippen molar-refractivity contribution in [1.29, 1.82) is 0 Å². The van der Waals surface area contributed by atoms with Gasteiger partial charge in [0.15, 0.2) is 0 Å². The fourth-order valence-corrected chi connectivity index (χ4v) is 0.346. The lowest BCUT2D eigenvalue weighted by Crippen LogP contribution is -2.11. The van der Waals surface area contributed by atoms with Crippen LogP contribution in [0.4, 0.5) is 4.79 Å². The molecule has 0 saturated heterocycles. The fourth-order valence-electron chi connectivity index (χ4n) is 0.346. The van der Waals surface area contributed by atoms with Gasteiger partial charge in [-0.1, -0.05) is 6.58 Å². The third-order valence-electron chi connectivity index (χ3n) is 1.06. The normalized spacial score (nSPS) is 7.76. The molecule has 0 aliphatic rings. The molecule has 0 aliphatic carbocycles. The SMILES string of the molecule is C=C(C)C(=O)O.CCOC(N)=O.CCOCC. The van der Waals surface area contributed by atoms with E-state index in [4.69, 9.17) is 9.84 Å². The zero-order valence-corrected chi connectivity index (χ0v) is 11.0. The average molecular weight is 249 g/mol. The van der Waals surface area contributed by atoms with Crippen molar-refractivity contribution in [3.05, 3.63) is 12.2 Å². The van der Waals surface area contributed by atoms with Crippen molar-refractivity contribution in [2.75, 3.05) is 19.8 Å². The number of carbonyl (C=O) groups is 2. The van der Waals surface area contributed by atoms with E-state index < -0.39 is 12.1 Å². The van der Waals surface area contributed by atoms with Crippen LogP contribution in [-0.4, -0.2) is 37.0 Å². The van der Waals surface area contributed by atoms with E-state index in [0.29, 0.717) is 6.61 Å². The smallest absolute Gasteiger partial charge is 0.404 e. The molecule has 3 N–H and O–H groups in total. The van der Waals surface area contributed by atoms with Crippen molar-refractivity contribution in [3.63, 3.8) is 0 Å². The minimum Gasteiger partial charge on any atom is -0.478 e. The van der Waals surface area contributed by atoms with E-state index in [1.54, 1.807) is 6.92 Å². The number of hydrogen-bond donors (Lipinski definition) is 2. The van der Waals surface area contributed by atoms with E-state index >= 15 is 0 Å². The Morgan fingerprint density at radius 2 is 1.53 bits per heavy atom. The van der Waals surface area contributed by atoms with Gasteiger partial charge in [0.25, 0.3) is 0 Å². The van der Waals surface area contributed by atoms with Crippen LogP contribution in [0.3, 0.4) is 0 Å². The van der Waals surface area contributed by atoms with Gasteiger partial charge in [0.05, 0.1) is 6.61 Å². The number of carboxylic acid groups (broad SMARTS) is 1. The maximum atomic E-state index is 9.60. The summed E-state index contributed by atoms with van der Waals surface area (Å²) in [5, 5.41) is 7.89. The molecule has 0 aromatic heterocycles. The number of hydrogen-bond acceptors (Lipinski definition) is 4. The van der Waals surface area contributed by atoms with Crippen LogP contribution in [-0.2, 0) is 14.3 Å². The number of ether oxygens (including phenoxy) is 2. The highest BCUT2D eigenvalue weighted by molar-refractivity contribution is 5.84. The first-order chi connectivity index (χ1) is 7.83. The Labute approximate surface area is 102 Å². The standard InChI is InChI=1S/C4H6O2.C4H10O.C3H7NO2/c1-3(2)4(5)6;1-3-5-4-2;1-2-6-3(4)5/h1H2,2H3,(H,5,6);3-4H2,1-2H3;2H2,1H3,(H2,4,5). The van der Waals surface area contributed by atoms with Gasteiger partial charge in [-0.15, -0.1) is 0 Å². The van der Waals surface area contributed by atoms with Gasteiger partial charge < -0.3 is 20.3 Å². The van der Waals surface area contributed by atoms with Crippen molar-refractivity contribution < 1.29 is 24.2 Å². The Hall–Kier alpha value is -1.56. The first-order valence-electron chi connectivity index (χ1n) is 5.22. The van der Waals surface area contributed by atoms with E-state index in [1.807, 2.05) is 13.8 Å². The van der Waals surface area contributed by atoms with Crippen molar-refractivity contribution in [2.24, 2.45) is 5.73 Å². The lowest BCUT2D eigenvalue weighted by atomic mass is 10.4. The summed E-state index contributed by atoms with van der Waals surface area (Å²) < 4.78 is 9.01. The number of rotatable bonds is 4. The minimum absolute atomic E-state index is 0.176. The van der Waals surface area contributed by atoms with Gasteiger partial charge in [-0.05, 0) is 27.7 Å². The predicted molar refractivity (Wildman–Crippen MR) is 65.8 cm³/mol. The highest BCUT2D eigenvalue weighted by atomic mass is 16.5. The van der Waals surface area contributed by atoms with Gasteiger partial charge in [-0.3, -0.25) is 0 Å². The van der Waals surface area contributed by atoms with Crippen LogP contribution in [0.25, 0.3) is 0 Å². The average Bonchev–Trinajstić information content (AvgIpc) is 2.20. The van der Waals surface area contributed by atoms with Gasteiger partial charge >= 0.3 is 12.1 Å². The molecule has 0 heterocycles. The summed E-state index contributed by atoms with van der Waals surface area (Å²) in [5.74, 6) is -0.935. The lowest BCUT2D eigenvalue weighted by Gasteiger charge is -1.89. The van der Waals surface area contributed by atoms with E-state index in [2.05, 4.69) is 17.0 Å². The summed E-state index contributed by atoms with van der Waals surface area (Å²) in [6.45, 7) is 12.3. The zero-order chi connectivity index (χ0) is 14.3. The second kappa shape index (κ2) is 16.9. The third kappa shape index (κ3) is 40.4. The Morgan fingerprint density at radius 3 is 1.53 bits per heavy atom. The number of amides is 1. The van der Waals surface area contributed by atoms with Gasteiger partial charge in [0.1, 0.15) is 0 Å². The molecule has 0 saturated carbocycles. The molecule has 1 amide bonds. The first kappa shape index (κ1) is 20.8. The summed E-state index contributed by atoms with van der Waals surface area (Å²) in [5.41, 5.74) is 4.72. The number of carboxylic acids is 1. The Kier molecular flexibility index (Phi) is 20.6. The van der Waals surface area contributed by atoms with Crippen LogP contribution < -0.4 is 5.73 Å². The topological polar surface area (TPSA) is 98.9 Å². The zero-order valence-electron chi connectivity index (χ0n) is 11.0. The quantitative estimate of drug-likeness (QED) is 0.740. The second-order valence-corrected chi connectivity index (χ2v) is 2.62. The maximum Gasteiger partial charge on any atom is 0.404 e. The highest BCUT2D eigenvalue weighted by Crippen LogP contribution is 1.81. The van der Waals surface area contributed by atoms with Crippen molar-refractivity contribution in [2.45, 2.75) is 27.7 Å². The molecule has 6 nitrogen and oxygen atoms in total. The Bertz CT molecular complexity index is 202. The summed E-state index contributed by atoms with van der Waals surface area (Å²) in [7, 11) is 0. The number of aliphatic carboxylic acids is 1. The van der Waals surface area contributed by atoms with Crippen molar-refractivity contribution in [3.8, 4) is 0 Å². The van der Waals surface area contributed by atoms with E-state index in [-0.39, 0.29) is 5.57 Å². The van der Waals surface area contributed by atoms with Gasteiger partial charge in [-0.25, -0.2) is 9.59 Å². The lowest BCUT2D eigenvalue weighted by molar-refractivity contribution is -0.132. The molecule has 6 heteroatoms. The van der Waals surface area contributed by atoms with Gasteiger partial charge in [0, 0.05) is 18.8 Å². The number of nitrogens with two attached hydrogens (primary N) is 1. The molecule has 17 heavy (non-hydrogen) atoms. The third-order valence-corrected chi connectivity index (χ3v) is 1.06. The molecule has 0 bridgehead atoms. The van der Waals surface area contributed by atoms with Crippen LogP contribution >= 0.6 is 0 Å². The Balaban J connectivity index is -0.000000174. The van der Waals surface area contributed by atoms with Gasteiger partial charge in [0.2, 0.25) is 0 Å². The van der Waals surface area contributed by atoms with Crippen molar-refractivity contribution >= 4 is 12.1 Å². The second-order valence-electron chi connectivity index (χ2n) is 2.62. The van der Waals surface area contributed by atoms with Crippen LogP contribution in [0, 0.1) is 0 Å². The summed E-state index contributed by atoms with van der Waals surface area (Å²) in [6, 6.07) is 0. The molecule has 0 unspecified atom stereocenters. The molecule has 0 aliphatic heterocycles. The highest BCUT2D eigenvalue weighted by Gasteiger charge is 1.90. The molecule has 0 aromatic carbocycles. The molecule has 0 aromatic rings. The largest absolute Gasteiger partial charge is 0.478 e. The van der Waals surface area contributed by atoms with E-state index in [0.717, 1.165) is 13.2 Å². The Morgan fingerprint density at radius 1 is 1.18 bits per heavy atom. The van der Waals surface area contributed by atoms with E-state index in [1.165, 1.54) is 6.92 Å².